The Balaban J connectivity index is 1.51. The predicted molar refractivity (Wildman–Crippen MR) is 118 cm³/mol. The van der Waals surface area contributed by atoms with Gasteiger partial charge in [-0.3, -0.25) is 5.10 Å². The summed E-state index contributed by atoms with van der Waals surface area (Å²) in [7, 11) is 0. The van der Waals surface area contributed by atoms with E-state index in [0.717, 1.165) is 35.7 Å². The summed E-state index contributed by atoms with van der Waals surface area (Å²) in [5.41, 5.74) is 5.73. The van der Waals surface area contributed by atoms with Crippen molar-refractivity contribution in [2.45, 2.75) is 46.7 Å². The Morgan fingerprint density at radius 3 is 2.69 bits per heavy atom. The maximum absolute atomic E-state index is 4.71. The van der Waals surface area contributed by atoms with Crippen molar-refractivity contribution in [3.63, 3.8) is 0 Å². The van der Waals surface area contributed by atoms with E-state index in [2.05, 4.69) is 91.7 Å². The van der Waals surface area contributed by atoms with Gasteiger partial charge in [-0.05, 0) is 43.7 Å². The molecule has 1 atom stereocenters. The zero-order chi connectivity index (χ0) is 20.4. The Morgan fingerprint density at radius 2 is 1.86 bits per heavy atom. The number of rotatable bonds is 7. The van der Waals surface area contributed by atoms with Gasteiger partial charge in [-0.2, -0.15) is 10.2 Å². The van der Waals surface area contributed by atoms with E-state index in [1.807, 2.05) is 10.9 Å². The van der Waals surface area contributed by atoms with E-state index in [-0.39, 0.29) is 6.04 Å². The van der Waals surface area contributed by atoms with Gasteiger partial charge in [-0.15, -0.1) is 0 Å². The van der Waals surface area contributed by atoms with Crippen molar-refractivity contribution in [3.05, 3.63) is 77.4 Å². The fourth-order valence-electron chi connectivity index (χ4n) is 3.88. The molecule has 0 radical (unpaired) electrons. The molecule has 2 N–H and O–H groups in total. The number of hydrogen-bond donors (Lipinski definition) is 2. The largest absolute Gasteiger partial charge is 0.304 e. The molecule has 0 saturated heterocycles. The van der Waals surface area contributed by atoms with E-state index < -0.39 is 0 Å². The molecule has 0 bridgehead atoms. The molecule has 5 nitrogen and oxygen atoms in total. The lowest BCUT2D eigenvalue weighted by Gasteiger charge is -2.14. The van der Waals surface area contributed by atoms with Gasteiger partial charge in [0, 0.05) is 34.9 Å². The summed E-state index contributed by atoms with van der Waals surface area (Å²) in [4.78, 5) is 0. The maximum atomic E-state index is 4.71. The molecule has 150 valence electrons. The number of nitrogens with zero attached hydrogens (tertiary/aromatic N) is 3. The van der Waals surface area contributed by atoms with Crippen LogP contribution in [0.15, 0.2) is 54.7 Å². The Hall–Kier alpha value is -2.92. The number of hydrogen-bond acceptors (Lipinski definition) is 3. The molecule has 0 unspecified atom stereocenters. The lowest BCUT2D eigenvalue weighted by Crippen LogP contribution is -2.19. The number of aromatic amines is 1. The van der Waals surface area contributed by atoms with E-state index in [9.17, 15) is 0 Å². The van der Waals surface area contributed by atoms with Crippen LogP contribution in [0.25, 0.3) is 16.5 Å². The van der Waals surface area contributed by atoms with E-state index >= 15 is 0 Å². The van der Waals surface area contributed by atoms with Crippen molar-refractivity contribution >= 4 is 10.8 Å². The number of H-pyrrole nitrogens is 1. The van der Waals surface area contributed by atoms with Crippen molar-refractivity contribution in [1.29, 1.82) is 0 Å². The predicted octanol–water partition coefficient (Wildman–Crippen LogP) is 5.11. The molecule has 0 spiro atoms. The van der Waals surface area contributed by atoms with Crippen molar-refractivity contribution < 1.29 is 0 Å². The molecule has 2 aromatic carbocycles. The lowest BCUT2D eigenvalue weighted by atomic mass is 10.1. The van der Waals surface area contributed by atoms with Gasteiger partial charge in [0.2, 0.25) is 0 Å². The quantitative estimate of drug-likeness (QED) is 0.463. The molecule has 0 aliphatic rings. The van der Waals surface area contributed by atoms with Crippen LogP contribution in [0.4, 0.5) is 0 Å². The summed E-state index contributed by atoms with van der Waals surface area (Å²) in [6.07, 6.45) is 2.98. The highest BCUT2D eigenvalue weighted by atomic mass is 15.3. The molecular weight excluding hydrogens is 358 g/mol. The van der Waals surface area contributed by atoms with Gasteiger partial charge in [0.05, 0.1) is 17.6 Å². The average molecular weight is 388 g/mol. The molecule has 0 saturated carbocycles. The smallest absolute Gasteiger partial charge is 0.0727 e. The third-order valence-electron chi connectivity index (χ3n) is 5.41. The molecule has 0 fully saturated rings. The van der Waals surface area contributed by atoms with Crippen molar-refractivity contribution in [1.82, 2.24) is 25.3 Å². The minimum Gasteiger partial charge on any atom is -0.304 e. The van der Waals surface area contributed by atoms with Gasteiger partial charge in [0.25, 0.3) is 0 Å². The van der Waals surface area contributed by atoms with E-state index in [4.69, 9.17) is 5.10 Å². The minimum atomic E-state index is 0.190. The Morgan fingerprint density at radius 1 is 1.07 bits per heavy atom. The first-order valence-electron chi connectivity index (χ1n) is 10.3. The van der Waals surface area contributed by atoms with Gasteiger partial charge in [0.1, 0.15) is 0 Å². The first-order valence-corrected chi connectivity index (χ1v) is 10.3. The van der Waals surface area contributed by atoms with Crippen LogP contribution in [0.5, 0.6) is 0 Å². The minimum absolute atomic E-state index is 0.190. The molecule has 29 heavy (non-hydrogen) atoms. The summed E-state index contributed by atoms with van der Waals surface area (Å²) in [5, 5.41) is 18.3. The molecule has 2 aromatic heterocycles. The first-order chi connectivity index (χ1) is 14.0. The first kappa shape index (κ1) is 19.4. The normalized spacial score (nSPS) is 12.7. The van der Waals surface area contributed by atoms with Crippen LogP contribution in [0.3, 0.4) is 0 Å². The fourth-order valence-corrected chi connectivity index (χ4v) is 3.88. The van der Waals surface area contributed by atoms with E-state index in [1.165, 1.54) is 16.3 Å². The monoisotopic (exact) mass is 387 g/mol. The standard InChI is InChI=1S/C24H29N5/c1-16(2)12-20-13-21(28-27-20)14-25-17(3)23-15-26-29(18(23)4)24-11-7-9-19-8-5-6-10-22(19)24/h5-11,13,15-17,25H,12,14H2,1-4H3,(H,27,28)/t17-/m1/s1. The zero-order valence-corrected chi connectivity index (χ0v) is 17.6. The van der Waals surface area contributed by atoms with Gasteiger partial charge < -0.3 is 5.32 Å². The highest BCUT2D eigenvalue weighted by molar-refractivity contribution is 5.90. The van der Waals surface area contributed by atoms with Crippen LogP contribution < -0.4 is 5.32 Å². The number of aromatic nitrogens is 4. The van der Waals surface area contributed by atoms with Crippen LogP contribution in [0, 0.1) is 12.8 Å². The van der Waals surface area contributed by atoms with Crippen LogP contribution in [0.1, 0.15) is 49.5 Å². The number of fused-ring (bicyclic) bond motifs is 1. The second-order valence-corrected chi connectivity index (χ2v) is 8.18. The molecule has 0 amide bonds. The SMILES string of the molecule is Cc1c([C@@H](C)NCc2cc(CC(C)C)n[nH]2)cnn1-c1cccc2ccccc12. The van der Waals surface area contributed by atoms with E-state index in [0.29, 0.717) is 5.92 Å². The van der Waals surface area contributed by atoms with Crippen molar-refractivity contribution in [2.24, 2.45) is 5.92 Å². The molecular formula is C24H29N5. The van der Waals surface area contributed by atoms with Gasteiger partial charge in [-0.25, -0.2) is 4.68 Å². The summed E-state index contributed by atoms with van der Waals surface area (Å²) in [6, 6.07) is 17.1. The van der Waals surface area contributed by atoms with Crippen LogP contribution >= 0.6 is 0 Å². The van der Waals surface area contributed by atoms with Crippen molar-refractivity contribution in [2.75, 3.05) is 0 Å². The average Bonchev–Trinajstić information content (AvgIpc) is 3.31. The highest BCUT2D eigenvalue weighted by Gasteiger charge is 2.15. The van der Waals surface area contributed by atoms with Gasteiger partial charge in [0.15, 0.2) is 0 Å². The Labute approximate surface area is 172 Å². The Bertz CT molecular complexity index is 1100. The molecule has 4 aromatic rings. The molecule has 0 aliphatic heterocycles. The van der Waals surface area contributed by atoms with Crippen LogP contribution in [0.2, 0.25) is 0 Å². The van der Waals surface area contributed by atoms with Gasteiger partial charge >= 0.3 is 0 Å². The van der Waals surface area contributed by atoms with Crippen LogP contribution in [-0.2, 0) is 13.0 Å². The summed E-state index contributed by atoms with van der Waals surface area (Å²) < 4.78 is 2.05. The maximum Gasteiger partial charge on any atom is 0.0727 e. The molecule has 5 heteroatoms. The Kier molecular flexibility index (Phi) is 5.49. The summed E-state index contributed by atoms with van der Waals surface area (Å²) in [5.74, 6) is 0.612. The molecule has 2 heterocycles. The van der Waals surface area contributed by atoms with Crippen LogP contribution in [-0.4, -0.2) is 20.0 Å². The second kappa shape index (κ2) is 8.21. The molecule has 4 rings (SSSR count). The van der Waals surface area contributed by atoms with E-state index in [1.54, 1.807) is 0 Å². The van der Waals surface area contributed by atoms with Crippen molar-refractivity contribution in [3.8, 4) is 5.69 Å². The lowest BCUT2D eigenvalue weighted by molar-refractivity contribution is 0.564. The highest BCUT2D eigenvalue weighted by Crippen LogP contribution is 2.26. The van der Waals surface area contributed by atoms with Gasteiger partial charge in [-0.1, -0.05) is 50.2 Å². The topological polar surface area (TPSA) is 58.5 Å². The summed E-state index contributed by atoms with van der Waals surface area (Å²) in [6.45, 7) is 9.50. The number of nitrogens with one attached hydrogen (secondary N) is 2. The third kappa shape index (κ3) is 4.10. The fraction of sp³-hybridized carbons (Fsp3) is 0.333. The zero-order valence-electron chi connectivity index (χ0n) is 17.6. The number of benzene rings is 2. The second-order valence-electron chi connectivity index (χ2n) is 8.18. The third-order valence-corrected chi connectivity index (χ3v) is 5.41. The summed E-state index contributed by atoms with van der Waals surface area (Å²) >= 11 is 0. The molecule has 0 aliphatic carbocycles.